The average molecular weight is 327 g/mol. The summed E-state index contributed by atoms with van der Waals surface area (Å²) in [5.74, 6) is 0.371. The molecule has 0 spiro atoms. The number of benzene rings is 1. The fraction of sp³-hybridized carbons (Fsp3) is 0.533. The largest absolute Gasteiger partial charge is 0.493 e. The fourth-order valence-corrected chi connectivity index (χ4v) is 2.41. The monoisotopic (exact) mass is 327 g/mol. The third-order valence-electron chi connectivity index (χ3n) is 3.56. The van der Waals surface area contributed by atoms with Crippen LogP contribution >= 0.6 is 0 Å². The van der Waals surface area contributed by atoms with Crippen molar-refractivity contribution in [2.24, 2.45) is 0 Å². The number of amides is 1. The van der Waals surface area contributed by atoms with Crippen LogP contribution in [0.4, 0.5) is 0 Å². The van der Waals surface area contributed by atoms with Crippen molar-refractivity contribution in [3.05, 3.63) is 24.3 Å². The summed E-state index contributed by atoms with van der Waals surface area (Å²) in [6, 6.07) is 5.80. The predicted octanol–water partition coefficient (Wildman–Crippen LogP) is -0.982. The Morgan fingerprint density at radius 3 is 2.48 bits per heavy atom. The first-order valence-electron chi connectivity index (χ1n) is 7.17. The number of carbonyl (C=O) groups excluding carboxylic acids is 1. The molecule has 0 aliphatic carbocycles. The zero-order chi connectivity index (χ0) is 17.0. The van der Waals surface area contributed by atoms with Crippen LogP contribution in [0.2, 0.25) is 0 Å². The van der Waals surface area contributed by atoms with Crippen LogP contribution in [0.5, 0.6) is 11.5 Å². The molecular weight excluding hydrogens is 306 g/mol. The lowest BCUT2D eigenvalue weighted by Gasteiger charge is -2.42. The predicted molar refractivity (Wildman–Crippen MR) is 79.0 cm³/mol. The van der Waals surface area contributed by atoms with E-state index in [0.717, 1.165) is 0 Å². The number of hydrogen-bond donors (Lipinski definition) is 4. The normalized spacial score (nSPS) is 30.6. The zero-order valence-electron chi connectivity index (χ0n) is 12.9. The molecule has 0 unspecified atom stereocenters. The van der Waals surface area contributed by atoms with E-state index < -0.39 is 43.2 Å². The van der Waals surface area contributed by atoms with Crippen molar-refractivity contribution in [2.75, 3.05) is 13.7 Å². The van der Waals surface area contributed by atoms with Crippen LogP contribution < -0.4 is 14.8 Å². The number of aliphatic hydroxyl groups is 3. The summed E-state index contributed by atoms with van der Waals surface area (Å²) in [5.41, 5.74) is 0. The maximum atomic E-state index is 11.3. The molecule has 1 saturated heterocycles. The van der Waals surface area contributed by atoms with Crippen LogP contribution in [-0.2, 0) is 9.53 Å². The molecule has 8 heteroatoms. The maximum absolute atomic E-state index is 11.3. The van der Waals surface area contributed by atoms with Crippen LogP contribution in [0, 0.1) is 0 Å². The van der Waals surface area contributed by atoms with Crippen molar-refractivity contribution in [1.29, 1.82) is 0 Å². The van der Waals surface area contributed by atoms with Crippen LogP contribution in [0.3, 0.4) is 0 Å². The van der Waals surface area contributed by atoms with E-state index in [1.165, 1.54) is 14.0 Å². The first-order chi connectivity index (χ1) is 11.0. The number of nitrogens with one attached hydrogen (secondary N) is 1. The highest BCUT2D eigenvalue weighted by Gasteiger charge is 2.46. The van der Waals surface area contributed by atoms with Gasteiger partial charge in [-0.05, 0) is 12.1 Å². The van der Waals surface area contributed by atoms with Gasteiger partial charge in [0.25, 0.3) is 0 Å². The van der Waals surface area contributed by atoms with Gasteiger partial charge >= 0.3 is 0 Å². The Balaban J connectivity index is 2.25. The Morgan fingerprint density at radius 1 is 1.26 bits per heavy atom. The smallest absolute Gasteiger partial charge is 0.223 e. The highest BCUT2D eigenvalue weighted by Crippen LogP contribution is 2.30. The SMILES string of the molecule is COc1ccccc1O[C@@H]1O[C@H](CO)[C@H](O)[C@H](O)[C@H]1NC(C)=O. The summed E-state index contributed by atoms with van der Waals surface area (Å²) in [6.07, 6.45) is -4.85. The molecule has 1 amide bonds. The Labute approximate surface area is 133 Å². The summed E-state index contributed by atoms with van der Waals surface area (Å²) in [6.45, 7) is 0.772. The summed E-state index contributed by atoms with van der Waals surface area (Å²) >= 11 is 0. The van der Waals surface area contributed by atoms with E-state index in [1.807, 2.05) is 0 Å². The van der Waals surface area contributed by atoms with Gasteiger partial charge in [0.1, 0.15) is 24.4 Å². The molecule has 1 aliphatic heterocycles. The van der Waals surface area contributed by atoms with E-state index in [4.69, 9.17) is 14.2 Å². The van der Waals surface area contributed by atoms with Gasteiger partial charge < -0.3 is 34.8 Å². The van der Waals surface area contributed by atoms with E-state index in [0.29, 0.717) is 11.5 Å². The molecule has 0 aromatic heterocycles. The standard InChI is InChI=1S/C15H21NO7/c1-8(18)16-12-14(20)13(19)11(7-17)23-15(12)22-10-6-4-3-5-9(10)21-2/h3-6,11-15,17,19-20H,7H2,1-2H3,(H,16,18)/t11-,12-,13+,14-,15-/m1/s1. The Bertz CT molecular complexity index is 538. The van der Waals surface area contributed by atoms with Gasteiger partial charge in [-0.2, -0.15) is 0 Å². The minimum Gasteiger partial charge on any atom is -0.493 e. The van der Waals surface area contributed by atoms with Crippen LogP contribution in [0.1, 0.15) is 6.92 Å². The maximum Gasteiger partial charge on any atom is 0.223 e. The molecule has 128 valence electrons. The molecule has 4 N–H and O–H groups in total. The first kappa shape index (κ1) is 17.5. The summed E-state index contributed by atoms with van der Waals surface area (Å²) in [5, 5.41) is 31.9. The highest BCUT2D eigenvalue weighted by atomic mass is 16.7. The van der Waals surface area contributed by atoms with Gasteiger partial charge in [-0.1, -0.05) is 12.1 Å². The number of carbonyl (C=O) groups is 1. The first-order valence-corrected chi connectivity index (χ1v) is 7.17. The van der Waals surface area contributed by atoms with E-state index in [9.17, 15) is 20.1 Å². The molecule has 0 bridgehead atoms. The molecule has 1 aromatic rings. The number of aliphatic hydroxyl groups excluding tert-OH is 3. The topological polar surface area (TPSA) is 117 Å². The molecule has 0 radical (unpaired) electrons. The number of para-hydroxylation sites is 2. The van der Waals surface area contributed by atoms with Gasteiger partial charge in [-0.15, -0.1) is 0 Å². The number of rotatable bonds is 5. The Hall–Kier alpha value is -1.87. The molecule has 23 heavy (non-hydrogen) atoms. The number of methoxy groups -OCH3 is 1. The summed E-state index contributed by atoms with van der Waals surface area (Å²) < 4.78 is 16.4. The Kier molecular flexibility index (Phi) is 5.78. The van der Waals surface area contributed by atoms with Crippen molar-refractivity contribution in [3.63, 3.8) is 0 Å². The third kappa shape index (κ3) is 3.91. The van der Waals surface area contributed by atoms with Crippen molar-refractivity contribution in [2.45, 2.75) is 37.6 Å². The van der Waals surface area contributed by atoms with Gasteiger partial charge in [0.15, 0.2) is 11.5 Å². The van der Waals surface area contributed by atoms with Crippen LogP contribution in [0.15, 0.2) is 24.3 Å². The van der Waals surface area contributed by atoms with E-state index in [2.05, 4.69) is 5.32 Å². The van der Waals surface area contributed by atoms with Gasteiger partial charge in [-0.25, -0.2) is 0 Å². The van der Waals surface area contributed by atoms with Crippen LogP contribution in [-0.4, -0.2) is 65.6 Å². The van der Waals surface area contributed by atoms with Crippen molar-refractivity contribution in [1.82, 2.24) is 5.32 Å². The number of hydrogen-bond acceptors (Lipinski definition) is 7. The van der Waals surface area contributed by atoms with E-state index in [1.54, 1.807) is 24.3 Å². The highest BCUT2D eigenvalue weighted by molar-refractivity contribution is 5.73. The fourth-order valence-electron chi connectivity index (χ4n) is 2.41. The molecule has 1 aromatic carbocycles. The van der Waals surface area contributed by atoms with Crippen molar-refractivity contribution < 1.29 is 34.3 Å². The van der Waals surface area contributed by atoms with Gasteiger partial charge in [-0.3, -0.25) is 4.79 Å². The molecule has 8 nitrogen and oxygen atoms in total. The lowest BCUT2D eigenvalue weighted by molar-refractivity contribution is -0.244. The summed E-state index contributed by atoms with van der Waals surface area (Å²) in [4.78, 5) is 11.3. The van der Waals surface area contributed by atoms with Crippen LogP contribution in [0.25, 0.3) is 0 Å². The van der Waals surface area contributed by atoms with E-state index >= 15 is 0 Å². The summed E-state index contributed by atoms with van der Waals surface area (Å²) in [7, 11) is 1.48. The second-order valence-corrected chi connectivity index (χ2v) is 5.20. The average Bonchev–Trinajstić information content (AvgIpc) is 2.54. The molecule has 1 heterocycles. The van der Waals surface area contributed by atoms with E-state index in [-0.39, 0.29) is 0 Å². The lowest BCUT2D eigenvalue weighted by atomic mass is 9.97. The van der Waals surface area contributed by atoms with Crippen molar-refractivity contribution >= 4 is 5.91 Å². The molecule has 1 aliphatic rings. The quantitative estimate of drug-likeness (QED) is 0.549. The molecule has 5 atom stereocenters. The lowest BCUT2D eigenvalue weighted by Crippen LogP contribution is -2.65. The third-order valence-corrected chi connectivity index (χ3v) is 3.56. The minimum atomic E-state index is -1.36. The number of ether oxygens (including phenoxy) is 3. The Morgan fingerprint density at radius 2 is 1.91 bits per heavy atom. The second-order valence-electron chi connectivity index (χ2n) is 5.20. The second kappa shape index (κ2) is 7.60. The molecule has 2 rings (SSSR count). The van der Waals surface area contributed by atoms with Gasteiger partial charge in [0, 0.05) is 6.92 Å². The minimum absolute atomic E-state index is 0.343. The zero-order valence-corrected chi connectivity index (χ0v) is 12.9. The molecule has 1 fully saturated rings. The van der Waals surface area contributed by atoms with Gasteiger partial charge in [0.2, 0.25) is 12.2 Å². The molecular formula is C15H21NO7. The van der Waals surface area contributed by atoms with Crippen molar-refractivity contribution in [3.8, 4) is 11.5 Å². The molecule has 0 saturated carbocycles. The van der Waals surface area contributed by atoms with Gasteiger partial charge in [0.05, 0.1) is 13.7 Å².